The molecule has 0 aromatic carbocycles. The summed E-state index contributed by atoms with van der Waals surface area (Å²) in [5.41, 5.74) is 0.980. The molecule has 0 fully saturated rings. The normalized spacial score (nSPS) is 12.8. The summed E-state index contributed by atoms with van der Waals surface area (Å²) in [5, 5.41) is 12.5. The molecule has 0 radical (unpaired) electrons. The summed E-state index contributed by atoms with van der Waals surface area (Å²) in [7, 11) is 4.06. The van der Waals surface area contributed by atoms with Gasteiger partial charge in [0.05, 0.1) is 5.56 Å². The van der Waals surface area contributed by atoms with E-state index < -0.39 is 5.97 Å². The molecule has 1 aromatic rings. The van der Waals surface area contributed by atoms with Crippen LogP contribution in [0.2, 0.25) is 0 Å². The van der Waals surface area contributed by atoms with Gasteiger partial charge in [0.25, 0.3) is 0 Å². The zero-order chi connectivity index (χ0) is 15.3. The summed E-state index contributed by atoms with van der Waals surface area (Å²) in [4.78, 5) is 17.6. The molecule has 1 atom stereocenters. The second-order valence-electron chi connectivity index (χ2n) is 5.92. The molecule has 1 rings (SSSR count). The number of nitrogens with one attached hydrogen (secondary N) is 1. The second kappa shape index (κ2) is 7.24. The number of nitrogens with zero attached hydrogens (tertiary/aromatic N) is 2. The predicted molar refractivity (Wildman–Crippen MR) is 81.4 cm³/mol. The Bertz CT molecular complexity index is 448. The first kappa shape index (κ1) is 16.4. The van der Waals surface area contributed by atoms with Gasteiger partial charge in [0.1, 0.15) is 5.82 Å². The van der Waals surface area contributed by atoms with Crippen molar-refractivity contribution < 1.29 is 9.90 Å². The Hall–Kier alpha value is -1.62. The highest BCUT2D eigenvalue weighted by atomic mass is 16.4. The van der Waals surface area contributed by atoms with Crippen LogP contribution < -0.4 is 5.32 Å². The maximum atomic E-state index is 11.1. The number of hydrogen-bond acceptors (Lipinski definition) is 4. The number of aryl methyl sites for hydroxylation is 1. The zero-order valence-electron chi connectivity index (χ0n) is 13.0. The summed E-state index contributed by atoms with van der Waals surface area (Å²) >= 11 is 0. The average Bonchev–Trinajstić information content (AvgIpc) is 2.25. The third-order valence-corrected chi connectivity index (χ3v) is 2.89. The Morgan fingerprint density at radius 1 is 1.40 bits per heavy atom. The Balaban J connectivity index is 2.89. The molecule has 0 saturated carbocycles. The highest BCUT2D eigenvalue weighted by Gasteiger charge is 2.14. The summed E-state index contributed by atoms with van der Waals surface area (Å²) in [6.45, 7) is 7.05. The second-order valence-corrected chi connectivity index (χ2v) is 5.92. The van der Waals surface area contributed by atoms with Gasteiger partial charge in [0.15, 0.2) is 0 Å². The maximum Gasteiger partial charge on any atom is 0.335 e. The van der Waals surface area contributed by atoms with Crippen molar-refractivity contribution in [2.75, 3.05) is 26.0 Å². The lowest BCUT2D eigenvalue weighted by atomic mass is 10.0. The van der Waals surface area contributed by atoms with E-state index in [9.17, 15) is 4.79 Å². The van der Waals surface area contributed by atoms with E-state index in [1.807, 2.05) is 14.1 Å². The smallest absolute Gasteiger partial charge is 0.335 e. The quantitative estimate of drug-likeness (QED) is 0.802. The van der Waals surface area contributed by atoms with E-state index in [4.69, 9.17) is 5.11 Å². The predicted octanol–water partition coefficient (Wildman–Crippen LogP) is 2.48. The fourth-order valence-corrected chi connectivity index (χ4v) is 2.26. The first-order chi connectivity index (χ1) is 9.27. The SMILES string of the molecule is Cc1cc(C(=O)O)cc(NC(CC(C)C)CN(C)C)n1. The van der Waals surface area contributed by atoms with Gasteiger partial charge in [-0.15, -0.1) is 0 Å². The van der Waals surface area contributed by atoms with Gasteiger partial charge in [-0.25, -0.2) is 9.78 Å². The lowest BCUT2D eigenvalue weighted by Crippen LogP contribution is -2.33. The van der Waals surface area contributed by atoms with Gasteiger partial charge in [-0.2, -0.15) is 0 Å². The van der Waals surface area contributed by atoms with Crippen LogP contribution in [0.25, 0.3) is 0 Å². The van der Waals surface area contributed by atoms with Gasteiger partial charge in [0, 0.05) is 18.3 Å². The van der Waals surface area contributed by atoms with Crippen LogP contribution in [0, 0.1) is 12.8 Å². The number of hydrogen-bond donors (Lipinski definition) is 2. The number of carbonyl (C=O) groups is 1. The molecule has 112 valence electrons. The highest BCUT2D eigenvalue weighted by Crippen LogP contribution is 2.15. The monoisotopic (exact) mass is 279 g/mol. The lowest BCUT2D eigenvalue weighted by Gasteiger charge is -2.24. The third kappa shape index (κ3) is 5.57. The molecule has 0 aliphatic heterocycles. The van der Waals surface area contributed by atoms with Crippen LogP contribution in [-0.4, -0.2) is 47.6 Å². The van der Waals surface area contributed by atoms with Gasteiger partial charge in [-0.1, -0.05) is 13.8 Å². The molecule has 1 aromatic heterocycles. The minimum absolute atomic E-state index is 0.251. The van der Waals surface area contributed by atoms with E-state index in [0.29, 0.717) is 17.4 Å². The molecule has 1 unspecified atom stereocenters. The Morgan fingerprint density at radius 2 is 2.05 bits per heavy atom. The first-order valence-corrected chi connectivity index (χ1v) is 6.91. The summed E-state index contributed by atoms with van der Waals surface area (Å²) in [6, 6.07) is 3.43. The van der Waals surface area contributed by atoms with Gasteiger partial charge in [-0.05, 0) is 45.5 Å². The van der Waals surface area contributed by atoms with Crippen LogP contribution in [0.15, 0.2) is 12.1 Å². The molecule has 0 aliphatic carbocycles. The molecule has 2 N–H and O–H groups in total. The molecule has 0 bridgehead atoms. The fourth-order valence-electron chi connectivity index (χ4n) is 2.26. The van der Waals surface area contributed by atoms with Crippen LogP contribution in [-0.2, 0) is 0 Å². The van der Waals surface area contributed by atoms with Crippen molar-refractivity contribution in [3.05, 3.63) is 23.4 Å². The van der Waals surface area contributed by atoms with Gasteiger partial charge >= 0.3 is 5.97 Å². The standard InChI is InChI=1S/C15H25N3O2/c1-10(2)6-13(9-18(4)5)17-14-8-12(15(19)20)7-11(3)16-14/h7-8,10,13H,6,9H2,1-5H3,(H,16,17)(H,19,20). The van der Waals surface area contributed by atoms with Crippen LogP contribution >= 0.6 is 0 Å². The summed E-state index contributed by atoms with van der Waals surface area (Å²) in [6.07, 6.45) is 1.01. The minimum Gasteiger partial charge on any atom is -0.478 e. The van der Waals surface area contributed by atoms with E-state index in [-0.39, 0.29) is 11.6 Å². The van der Waals surface area contributed by atoms with E-state index in [0.717, 1.165) is 13.0 Å². The molecule has 20 heavy (non-hydrogen) atoms. The van der Waals surface area contributed by atoms with Crippen LogP contribution in [0.5, 0.6) is 0 Å². The molecule has 1 heterocycles. The van der Waals surface area contributed by atoms with Crippen molar-refractivity contribution in [1.82, 2.24) is 9.88 Å². The molecular weight excluding hydrogens is 254 g/mol. The topological polar surface area (TPSA) is 65.5 Å². The molecule has 5 heteroatoms. The Kier molecular flexibility index (Phi) is 5.95. The number of carboxylic acids is 1. The van der Waals surface area contributed by atoms with Crippen LogP contribution in [0.1, 0.15) is 36.3 Å². The van der Waals surface area contributed by atoms with Crippen molar-refractivity contribution >= 4 is 11.8 Å². The number of pyridine rings is 1. The van der Waals surface area contributed by atoms with Crippen molar-refractivity contribution in [1.29, 1.82) is 0 Å². The minimum atomic E-state index is -0.924. The van der Waals surface area contributed by atoms with Crippen molar-refractivity contribution in [3.63, 3.8) is 0 Å². The summed E-state index contributed by atoms with van der Waals surface area (Å²) < 4.78 is 0. The third-order valence-electron chi connectivity index (χ3n) is 2.89. The van der Waals surface area contributed by atoms with Gasteiger partial charge in [0.2, 0.25) is 0 Å². The number of aromatic nitrogens is 1. The molecule has 5 nitrogen and oxygen atoms in total. The highest BCUT2D eigenvalue weighted by molar-refractivity contribution is 5.88. The molecular formula is C15H25N3O2. The number of rotatable bonds is 7. The van der Waals surface area contributed by atoms with Crippen molar-refractivity contribution in [2.45, 2.75) is 33.2 Å². The number of carboxylic acid groups (broad SMARTS) is 1. The lowest BCUT2D eigenvalue weighted by molar-refractivity contribution is 0.0696. The largest absolute Gasteiger partial charge is 0.478 e. The Labute approximate surface area is 121 Å². The Morgan fingerprint density at radius 3 is 2.55 bits per heavy atom. The molecule has 0 spiro atoms. The van der Waals surface area contributed by atoms with E-state index in [1.165, 1.54) is 0 Å². The van der Waals surface area contributed by atoms with Crippen LogP contribution in [0.3, 0.4) is 0 Å². The number of likely N-dealkylation sites (N-methyl/N-ethyl adjacent to an activating group) is 1. The van der Waals surface area contributed by atoms with Crippen molar-refractivity contribution in [3.8, 4) is 0 Å². The molecule has 0 amide bonds. The van der Waals surface area contributed by atoms with Gasteiger partial charge in [-0.3, -0.25) is 0 Å². The average molecular weight is 279 g/mol. The maximum absolute atomic E-state index is 11.1. The number of aromatic carboxylic acids is 1. The van der Waals surface area contributed by atoms with E-state index in [1.54, 1.807) is 19.1 Å². The van der Waals surface area contributed by atoms with Gasteiger partial charge < -0.3 is 15.3 Å². The number of anilines is 1. The van der Waals surface area contributed by atoms with E-state index >= 15 is 0 Å². The first-order valence-electron chi connectivity index (χ1n) is 6.91. The fraction of sp³-hybridized carbons (Fsp3) is 0.600. The van der Waals surface area contributed by atoms with Crippen LogP contribution in [0.4, 0.5) is 5.82 Å². The van der Waals surface area contributed by atoms with E-state index in [2.05, 4.69) is 29.0 Å². The molecule has 0 saturated heterocycles. The van der Waals surface area contributed by atoms with Crippen molar-refractivity contribution in [2.24, 2.45) is 5.92 Å². The summed E-state index contributed by atoms with van der Waals surface area (Å²) in [5.74, 6) is 0.276. The zero-order valence-corrected chi connectivity index (χ0v) is 13.0. The molecule has 0 aliphatic rings.